The lowest BCUT2D eigenvalue weighted by Crippen LogP contribution is -1.93. The molecule has 0 bridgehead atoms. The van der Waals surface area contributed by atoms with Crippen LogP contribution in [-0.4, -0.2) is 11.6 Å². The first kappa shape index (κ1) is 8.59. The second-order valence-corrected chi connectivity index (χ2v) is 2.36. The van der Waals surface area contributed by atoms with Crippen molar-refractivity contribution in [2.75, 3.05) is 12.3 Å². The van der Waals surface area contributed by atoms with Crippen molar-refractivity contribution in [3.8, 4) is 0 Å². The molecule has 0 radical (unpaired) electrons. The molecule has 0 saturated carbocycles. The number of nitrogens with zero attached hydrogens (tertiary/aromatic N) is 1. The molecule has 1 rings (SSSR count). The van der Waals surface area contributed by atoms with Crippen LogP contribution in [0.2, 0.25) is 0 Å². The Morgan fingerprint density at radius 1 is 1.67 bits per heavy atom. The van der Waals surface area contributed by atoms with Crippen molar-refractivity contribution in [3.63, 3.8) is 0 Å². The summed E-state index contributed by atoms with van der Waals surface area (Å²) >= 11 is 0. The summed E-state index contributed by atoms with van der Waals surface area (Å²) in [4.78, 5) is 3.92. The average molecular weight is 164 g/mol. The molecular formula is C9H12N2O. The minimum absolute atomic E-state index is 0.605. The molecular weight excluding hydrogens is 152 g/mol. The van der Waals surface area contributed by atoms with Crippen LogP contribution in [0.5, 0.6) is 0 Å². The van der Waals surface area contributed by atoms with Gasteiger partial charge in [0.25, 0.3) is 0 Å². The van der Waals surface area contributed by atoms with Crippen LogP contribution in [0.25, 0.3) is 5.76 Å². The van der Waals surface area contributed by atoms with Gasteiger partial charge in [-0.25, -0.2) is 0 Å². The predicted molar refractivity (Wildman–Crippen MR) is 49.3 cm³/mol. The van der Waals surface area contributed by atoms with E-state index in [2.05, 4.69) is 11.6 Å². The molecule has 0 fully saturated rings. The number of nitrogen functional groups attached to an aromatic ring is 1. The van der Waals surface area contributed by atoms with Crippen LogP contribution < -0.4 is 5.73 Å². The smallest absolute Gasteiger partial charge is 0.120 e. The maximum Gasteiger partial charge on any atom is 0.120 e. The number of hydrogen-bond donors (Lipinski definition) is 1. The van der Waals surface area contributed by atoms with Gasteiger partial charge in [0, 0.05) is 18.0 Å². The zero-order chi connectivity index (χ0) is 8.97. The fourth-order valence-electron chi connectivity index (χ4n) is 0.868. The van der Waals surface area contributed by atoms with E-state index in [1.165, 1.54) is 0 Å². The highest BCUT2D eigenvalue weighted by molar-refractivity contribution is 5.59. The first-order valence-corrected chi connectivity index (χ1v) is 3.76. The van der Waals surface area contributed by atoms with Crippen molar-refractivity contribution in [2.45, 2.75) is 6.92 Å². The fourth-order valence-corrected chi connectivity index (χ4v) is 0.868. The van der Waals surface area contributed by atoms with E-state index in [9.17, 15) is 0 Å². The highest BCUT2D eigenvalue weighted by atomic mass is 16.5. The van der Waals surface area contributed by atoms with Gasteiger partial charge in [-0.2, -0.15) is 0 Å². The first-order valence-electron chi connectivity index (χ1n) is 3.76. The second-order valence-electron chi connectivity index (χ2n) is 2.36. The third kappa shape index (κ3) is 1.99. The van der Waals surface area contributed by atoms with E-state index >= 15 is 0 Å². The lowest BCUT2D eigenvalue weighted by atomic mass is 10.2. The summed E-state index contributed by atoms with van der Waals surface area (Å²) in [7, 11) is 0. The number of anilines is 1. The highest BCUT2D eigenvalue weighted by Gasteiger charge is 1.98. The molecule has 0 aliphatic heterocycles. The minimum Gasteiger partial charge on any atom is -0.494 e. The highest BCUT2D eigenvalue weighted by Crippen LogP contribution is 2.14. The summed E-state index contributed by atoms with van der Waals surface area (Å²) in [6.07, 6.45) is 3.26. The van der Waals surface area contributed by atoms with Gasteiger partial charge in [0.15, 0.2) is 0 Å². The van der Waals surface area contributed by atoms with E-state index in [1.54, 1.807) is 18.5 Å². The maximum atomic E-state index is 5.53. The number of ether oxygens (including phenoxy) is 1. The largest absolute Gasteiger partial charge is 0.494 e. The van der Waals surface area contributed by atoms with Crippen molar-refractivity contribution in [2.24, 2.45) is 0 Å². The Morgan fingerprint density at radius 3 is 3.00 bits per heavy atom. The van der Waals surface area contributed by atoms with Crippen molar-refractivity contribution in [1.29, 1.82) is 0 Å². The summed E-state index contributed by atoms with van der Waals surface area (Å²) in [5, 5.41) is 0. The molecule has 0 amide bonds. The fraction of sp³-hybridized carbons (Fsp3) is 0.222. The van der Waals surface area contributed by atoms with Crippen LogP contribution in [0, 0.1) is 0 Å². The van der Waals surface area contributed by atoms with Gasteiger partial charge in [-0.3, -0.25) is 4.98 Å². The molecule has 3 heteroatoms. The van der Waals surface area contributed by atoms with Crippen molar-refractivity contribution in [3.05, 3.63) is 30.6 Å². The van der Waals surface area contributed by atoms with Crippen LogP contribution in [-0.2, 0) is 4.74 Å². The van der Waals surface area contributed by atoms with E-state index in [0.717, 1.165) is 5.56 Å². The molecule has 64 valence electrons. The van der Waals surface area contributed by atoms with E-state index in [-0.39, 0.29) is 0 Å². The monoisotopic (exact) mass is 164 g/mol. The summed E-state index contributed by atoms with van der Waals surface area (Å²) < 4.78 is 5.19. The van der Waals surface area contributed by atoms with E-state index in [4.69, 9.17) is 10.5 Å². The molecule has 0 saturated heterocycles. The summed E-state index contributed by atoms with van der Waals surface area (Å²) in [6, 6.07) is 1.78. The Kier molecular flexibility index (Phi) is 2.69. The molecule has 2 N–H and O–H groups in total. The van der Waals surface area contributed by atoms with Crippen LogP contribution >= 0.6 is 0 Å². The third-order valence-corrected chi connectivity index (χ3v) is 1.40. The maximum absolute atomic E-state index is 5.53. The molecule has 1 heterocycles. The summed E-state index contributed by atoms with van der Waals surface area (Å²) in [5.41, 5.74) is 6.98. The standard InChI is InChI=1S/C9H12N2O/c1-3-12-7(2)8-4-9(10)6-11-5-8/h4-6H,2-3,10H2,1H3. The first-order chi connectivity index (χ1) is 5.74. The Labute approximate surface area is 71.9 Å². The molecule has 0 aliphatic rings. The summed E-state index contributed by atoms with van der Waals surface area (Å²) in [5.74, 6) is 0.609. The van der Waals surface area contributed by atoms with Gasteiger partial charge in [0.2, 0.25) is 0 Å². The Balaban J connectivity index is 2.81. The third-order valence-electron chi connectivity index (χ3n) is 1.40. The van der Waals surface area contributed by atoms with Gasteiger partial charge in [0.05, 0.1) is 12.3 Å². The minimum atomic E-state index is 0.605. The predicted octanol–water partition coefficient (Wildman–Crippen LogP) is 1.67. The van der Waals surface area contributed by atoms with Gasteiger partial charge in [0.1, 0.15) is 5.76 Å². The van der Waals surface area contributed by atoms with Crippen molar-refractivity contribution >= 4 is 11.4 Å². The molecule has 0 aromatic carbocycles. The molecule has 1 aromatic heterocycles. The van der Waals surface area contributed by atoms with Gasteiger partial charge in [-0.05, 0) is 13.0 Å². The van der Waals surface area contributed by atoms with Crippen LogP contribution in [0.15, 0.2) is 25.0 Å². The Morgan fingerprint density at radius 2 is 2.42 bits per heavy atom. The number of pyridine rings is 1. The van der Waals surface area contributed by atoms with Crippen LogP contribution in [0.4, 0.5) is 5.69 Å². The van der Waals surface area contributed by atoms with Gasteiger partial charge < -0.3 is 10.5 Å². The topological polar surface area (TPSA) is 48.1 Å². The van der Waals surface area contributed by atoms with Gasteiger partial charge >= 0.3 is 0 Å². The van der Waals surface area contributed by atoms with E-state index < -0.39 is 0 Å². The number of nitrogens with two attached hydrogens (primary N) is 1. The molecule has 0 spiro atoms. The van der Waals surface area contributed by atoms with E-state index in [1.807, 2.05) is 6.92 Å². The Hall–Kier alpha value is -1.51. The lowest BCUT2D eigenvalue weighted by Gasteiger charge is -2.06. The van der Waals surface area contributed by atoms with Crippen molar-refractivity contribution < 1.29 is 4.74 Å². The van der Waals surface area contributed by atoms with Crippen LogP contribution in [0.3, 0.4) is 0 Å². The number of rotatable bonds is 3. The summed E-state index contributed by atoms with van der Waals surface area (Å²) in [6.45, 7) is 6.25. The zero-order valence-corrected chi connectivity index (χ0v) is 7.08. The normalized spacial score (nSPS) is 9.42. The average Bonchev–Trinajstić information content (AvgIpc) is 2.05. The number of aromatic nitrogens is 1. The molecule has 12 heavy (non-hydrogen) atoms. The van der Waals surface area contributed by atoms with Crippen LogP contribution in [0.1, 0.15) is 12.5 Å². The molecule has 3 nitrogen and oxygen atoms in total. The molecule has 0 unspecified atom stereocenters. The van der Waals surface area contributed by atoms with Gasteiger partial charge in [-0.1, -0.05) is 6.58 Å². The second kappa shape index (κ2) is 3.76. The van der Waals surface area contributed by atoms with E-state index in [0.29, 0.717) is 18.1 Å². The molecule has 0 atom stereocenters. The van der Waals surface area contributed by atoms with Gasteiger partial charge in [-0.15, -0.1) is 0 Å². The lowest BCUT2D eigenvalue weighted by molar-refractivity contribution is 0.299. The van der Waals surface area contributed by atoms with Crippen molar-refractivity contribution in [1.82, 2.24) is 4.98 Å². The SMILES string of the molecule is C=C(OCC)c1cncc(N)c1. The quantitative estimate of drug-likeness (QED) is 0.691. The zero-order valence-electron chi connectivity index (χ0n) is 7.08. The Bertz CT molecular complexity index is 284. The molecule has 1 aromatic rings. The number of hydrogen-bond acceptors (Lipinski definition) is 3. The molecule has 0 aliphatic carbocycles.